The molecule has 50 heavy (non-hydrogen) atoms. The minimum absolute atomic E-state index is 0.152. The highest BCUT2D eigenvalue weighted by Crippen LogP contribution is 2.40. The van der Waals surface area contributed by atoms with Gasteiger partial charge in [0, 0.05) is 46.9 Å². The standard InChI is InChI=1S/2C18H15N5OS/c2*1-9-7-22-25-17(9)11-2-10-5-16(21-8-14(10)15(20)4-11)23-18(24)13-3-12(13)6-19/h2*2,4-5,7-8,12-13H,3,20H2,1H3,(H,21,23,24)/t2*12-,13+/m10/s1. The van der Waals surface area contributed by atoms with Gasteiger partial charge in [-0.3, -0.25) is 9.59 Å². The van der Waals surface area contributed by atoms with Crippen LogP contribution in [0.4, 0.5) is 23.0 Å². The number of benzene rings is 2. The smallest absolute Gasteiger partial charge is 0.230 e. The summed E-state index contributed by atoms with van der Waals surface area (Å²) in [5, 5.41) is 26.8. The summed E-state index contributed by atoms with van der Waals surface area (Å²) in [5.41, 5.74) is 17.8. The van der Waals surface area contributed by atoms with Crippen molar-refractivity contribution in [3.05, 3.63) is 72.3 Å². The van der Waals surface area contributed by atoms with Gasteiger partial charge in [-0.05, 0) is 119 Å². The molecule has 12 nitrogen and oxygen atoms in total. The Morgan fingerprint density at radius 2 is 1.12 bits per heavy atom. The monoisotopic (exact) mass is 698 g/mol. The maximum atomic E-state index is 12.1. The van der Waals surface area contributed by atoms with Crippen molar-refractivity contribution in [3.8, 4) is 33.0 Å². The van der Waals surface area contributed by atoms with Crippen molar-refractivity contribution < 1.29 is 9.59 Å². The maximum absolute atomic E-state index is 12.1. The molecule has 6 N–H and O–H groups in total. The summed E-state index contributed by atoms with van der Waals surface area (Å²) >= 11 is 2.86. The lowest BCUT2D eigenvalue weighted by Gasteiger charge is -2.09. The SMILES string of the molecule is Cc1cnsc1-c1cc(N)c2cnc(NC(=O)[C@@H]3C[C@H]3C#N)cc2c1.Cc1cnsc1-c1cc(N)c2cnc(NC(=O)[C@H]3C[C@@H]3C#N)cc2c1. The van der Waals surface area contributed by atoms with Crippen LogP contribution in [-0.2, 0) is 9.59 Å². The van der Waals surface area contributed by atoms with Gasteiger partial charge in [-0.25, -0.2) is 18.7 Å². The molecule has 2 saturated carbocycles. The highest BCUT2D eigenvalue weighted by atomic mass is 32.1. The highest BCUT2D eigenvalue weighted by Gasteiger charge is 2.44. The molecule has 8 rings (SSSR count). The predicted molar refractivity (Wildman–Crippen MR) is 196 cm³/mol. The minimum atomic E-state index is -0.223. The summed E-state index contributed by atoms with van der Waals surface area (Å²) in [6, 6.07) is 15.8. The fourth-order valence-corrected chi connectivity index (χ4v) is 7.27. The third-order valence-corrected chi connectivity index (χ3v) is 10.8. The Morgan fingerprint density at radius 1 is 0.700 bits per heavy atom. The Hall–Kier alpha value is -5.96. The number of anilines is 4. The first-order valence-electron chi connectivity index (χ1n) is 15.8. The zero-order chi connectivity index (χ0) is 35.1. The molecule has 6 aromatic rings. The van der Waals surface area contributed by atoms with Crippen LogP contribution in [-0.4, -0.2) is 30.5 Å². The van der Waals surface area contributed by atoms with Crippen LogP contribution in [0.25, 0.3) is 42.4 Å². The number of aromatic nitrogens is 4. The normalized spacial score (nSPS) is 18.7. The molecule has 0 unspecified atom stereocenters. The molecule has 2 aromatic carbocycles. The van der Waals surface area contributed by atoms with Crippen LogP contribution in [0.5, 0.6) is 0 Å². The van der Waals surface area contributed by atoms with Crippen LogP contribution in [0, 0.1) is 60.2 Å². The van der Waals surface area contributed by atoms with Gasteiger partial charge in [0.25, 0.3) is 0 Å². The number of nitrogen functional groups attached to an aromatic ring is 2. The molecule has 4 heterocycles. The number of carbonyl (C=O) groups is 2. The fraction of sp³-hybridized carbons (Fsp3) is 0.222. The van der Waals surface area contributed by atoms with E-state index in [0.717, 1.165) is 53.6 Å². The molecule has 4 atom stereocenters. The van der Waals surface area contributed by atoms with Crippen molar-refractivity contribution in [3.63, 3.8) is 0 Å². The van der Waals surface area contributed by atoms with Crippen molar-refractivity contribution in [1.82, 2.24) is 18.7 Å². The summed E-state index contributed by atoms with van der Waals surface area (Å²) in [4.78, 5) is 34.9. The third-order valence-electron chi connectivity index (χ3n) is 8.85. The second kappa shape index (κ2) is 13.2. The summed E-state index contributed by atoms with van der Waals surface area (Å²) in [5.74, 6) is -0.148. The molecule has 0 spiro atoms. The van der Waals surface area contributed by atoms with Crippen LogP contribution in [0.15, 0.2) is 61.2 Å². The number of hydrogen-bond donors (Lipinski definition) is 4. The maximum Gasteiger partial charge on any atom is 0.230 e. The summed E-state index contributed by atoms with van der Waals surface area (Å²) < 4.78 is 8.42. The van der Waals surface area contributed by atoms with E-state index in [9.17, 15) is 9.59 Å². The van der Waals surface area contributed by atoms with Gasteiger partial charge in [0.2, 0.25) is 11.8 Å². The molecule has 2 aliphatic carbocycles. The van der Waals surface area contributed by atoms with E-state index >= 15 is 0 Å². The largest absolute Gasteiger partial charge is 0.398 e. The van der Waals surface area contributed by atoms with Crippen LogP contribution in [0.2, 0.25) is 0 Å². The van der Waals surface area contributed by atoms with Gasteiger partial charge >= 0.3 is 0 Å². The van der Waals surface area contributed by atoms with E-state index in [2.05, 4.69) is 41.5 Å². The second-order valence-electron chi connectivity index (χ2n) is 12.5. The van der Waals surface area contributed by atoms with Gasteiger partial charge in [-0.15, -0.1) is 0 Å². The first-order valence-corrected chi connectivity index (χ1v) is 17.3. The van der Waals surface area contributed by atoms with Gasteiger partial charge in [0.15, 0.2) is 0 Å². The molecule has 0 radical (unpaired) electrons. The number of rotatable bonds is 6. The Balaban J connectivity index is 0.000000157. The topological polar surface area (TPSA) is 209 Å². The van der Waals surface area contributed by atoms with Crippen LogP contribution in [0.3, 0.4) is 0 Å². The van der Waals surface area contributed by atoms with Gasteiger partial charge in [0.05, 0.1) is 45.6 Å². The number of nitrogens with one attached hydrogen (secondary N) is 2. The Kier molecular flexibility index (Phi) is 8.57. The Bertz CT molecular complexity index is 2240. The number of carbonyl (C=O) groups excluding carboxylic acids is 2. The zero-order valence-electron chi connectivity index (χ0n) is 27.0. The van der Waals surface area contributed by atoms with Gasteiger partial charge in [0.1, 0.15) is 11.6 Å². The van der Waals surface area contributed by atoms with Crippen molar-refractivity contribution in [2.45, 2.75) is 26.7 Å². The number of nitrogens with two attached hydrogens (primary N) is 2. The summed E-state index contributed by atoms with van der Waals surface area (Å²) in [6.45, 7) is 4.03. The number of pyridine rings is 2. The number of nitrogens with zero attached hydrogens (tertiary/aromatic N) is 6. The van der Waals surface area contributed by atoms with Crippen molar-refractivity contribution in [2.24, 2.45) is 23.7 Å². The molecule has 14 heteroatoms. The Labute approximate surface area is 295 Å². The highest BCUT2D eigenvalue weighted by molar-refractivity contribution is 7.10. The average molecular weight is 699 g/mol. The molecule has 2 amide bonds. The molecule has 2 aliphatic rings. The van der Waals surface area contributed by atoms with E-state index in [1.54, 1.807) is 12.4 Å². The first-order chi connectivity index (χ1) is 24.1. The van der Waals surface area contributed by atoms with Crippen molar-refractivity contribution >= 4 is 79.4 Å². The number of nitriles is 2. The number of fused-ring (bicyclic) bond motifs is 2. The van der Waals surface area contributed by atoms with Gasteiger partial charge in [-0.2, -0.15) is 10.5 Å². The molecule has 248 valence electrons. The molecular weight excluding hydrogens is 669 g/mol. The zero-order valence-corrected chi connectivity index (χ0v) is 28.6. The fourth-order valence-electron chi connectivity index (χ4n) is 5.80. The van der Waals surface area contributed by atoms with Crippen molar-refractivity contribution in [1.29, 1.82) is 10.5 Å². The van der Waals surface area contributed by atoms with Crippen LogP contribution >= 0.6 is 23.1 Å². The molecule has 0 bridgehead atoms. The summed E-state index contributed by atoms with van der Waals surface area (Å²) in [7, 11) is 0. The molecular formula is C36H30N10O2S2. The van der Waals surface area contributed by atoms with E-state index in [1.165, 1.54) is 23.1 Å². The lowest BCUT2D eigenvalue weighted by Crippen LogP contribution is -2.15. The predicted octanol–water partition coefficient (Wildman–Crippen LogP) is 6.69. The molecule has 2 fully saturated rings. The average Bonchev–Trinajstić information content (AvgIpc) is 3.99. The van der Waals surface area contributed by atoms with E-state index in [-0.39, 0.29) is 35.5 Å². The minimum Gasteiger partial charge on any atom is -0.398 e. The Morgan fingerprint density at radius 3 is 1.46 bits per heavy atom. The number of amides is 2. The summed E-state index contributed by atoms with van der Waals surface area (Å²) in [6.07, 6.45) is 8.24. The first kappa shape index (κ1) is 32.6. The third kappa shape index (κ3) is 6.54. The van der Waals surface area contributed by atoms with Gasteiger partial charge < -0.3 is 22.1 Å². The van der Waals surface area contributed by atoms with E-state index in [1.807, 2.05) is 62.6 Å². The number of hydrogen-bond acceptors (Lipinski definition) is 12. The van der Waals surface area contributed by atoms with E-state index < -0.39 is 0 Å². The van der Waals surface area contributed by atoms with Crippen LogP contribution < -0.4 is 22.1 Å². The lowest BCUT2D eigenvalue weighted by atomic mass is 10.0. The van der Waals surface area contributed by atoms with E-state index in [0.29, 0.717) is 35.9 Å². The van der Waals surface area contributed by atoms with Crippen LogP contribution in [0.1, 0.15) is 24.0 Å². The quantitative estimate of drug-likeness (QED) is 0.135. The molecule has 0 aliphatic heterocycles. The molecule has 0 saturated heterocycles. The van der Waals surface area contributed by atoms with E-state index in [4.69, 9.17) is 22.0 Å². The molecule has 4 aromatic heterocycles. The second-order valence-corrected chi connectivity index (χ2v) is 14.1. The van der Waals surface area contributed by atoms with Crippen molar-refractivity contribution in [2.75, 3.05) is 22.1 Å². The lowest BCUT2D eigenvalue weighted by molar-refractivity contribution is -0.118. The number of aryl methyl sites for hydroxylation is 2. The van der Waals surface area contributed by atoms with Gasteiger partial charge in [-0.1, -0.05) is 0 Å².